The summed E-state index contributed by atoms with van der Waals surface area (Å²) in [6.07, 6.45) is 5.34. The molecule has 2 N–H and O–H groups in total. The second-order valence-electron chi connectivity index (χ2n) is 14.9. The van der Waals surface area contributed by atoms with E-state index in [-0.39, 0.29) is 17.7 Å². The number of rotatable bonds is 3. The molecule has 3 fully saturated rings. The lowest BCUT2D eigenvalue weighted by Crippen LogP contribution is -2.76. The molecule has 246 valence electrons. The molecule has 9 atom stereocenters. The minimum absolute atomic E-state index is 0.0580. The minimum Gasteiger partial charge on any atom is -0.504 e. The van der Waals surface area contributed by atoms with Gasteiger partial charge in [-0.1, -0.05) is 23.4 Å². The van der Waals surface area contributed by atoms with E-state index in [1.54, 1.807) is 13.2 Å². The highest BCUT2D eigenvalue weighted by atomic mass is 16.8. The lowest BCUT2D eigenvalue weighted by Gasteiger charge is -2.62. The highest BCUT2D eigenvalue weighted by Gasteiger charge is 2.72. The molecule has 0 radical (unpaired) electrons. The molecule has 0 aromatic heterocycles. The van der Waals surface area contributed by atoms with E-state index in [1.165, 1.54) is 5.56 Å². The molecule has 2 spiro atoms. The number of hydrogen-bond acceptors (Lipinski definition) is 11. The number of piperidine rings is 2. The zero-order valence-electron chi connectivity index (χ0n) is 26.8. The van der Waals surface area contributed by atoms with Gasteiger partial charge in [-0.25, -0.2) is 4.79 Å². The van der Waals surface area contributed by atoms with Crippen LogP contribution in [-0.2, 0) is 33.2 Å². The number of carbonyl (C=O) groups is 1. The van der Waals surface area contributed by atoms with Crippen molar-refractivity contribution >= 4 is 11.9 Å². The summed E-state index contributed by atoms with van der Waals surface area (Å²) < 4.78 is 24.8. The fourth-order valence-corrected chi connectivity index (χ4v) is 11.3. The van der Waals surface area contributed by atoms with E-state index >= 15 is 0 Å². The van der Waals surface area contributed by atoms with Crippen molar-refractivity contribution < 1.29 is 38.8 Å². The largest absolute Gasteiger partial charge is 0.535 e. The molecule has 5 unspecified atom stereocenters. The van der Waals surface area contributed by atoms with Crippen LogP contribution in [0.1, 0.15) is 47.9 Å². The SMILES string of the molecule is COc1ccc2c3c1OC1C(=NOC(=O)O[C@H]4C=CC5C6Cc7ccc(O)c8c7[C@@]5(CCN6C)C4O8)CC[C@@]4(O)C(C2)N(C)CC[C@]314. The van der Waals surface area contributed by atoms with Gasteiger partial charge in [-0.2, -0.15) is 0 Å². The number of phenolic OH excluding ortho intramolecular Hbond substituents is 1. The summed E-state index contributed by atoms with van der Waals surface area (Å²) in [6.45, 7) is 1.68. The first-order chi connectivity index (χ1) is 22.7. The van der Waals surface area contributed by atoms with Crippen molar-refractivity contribution in [3.8, 4) is 23.0 Å². The van der Waals surface area contributed by atoms with Crippen LogP contribution in [0.25, 0.3) is 0 Å². The van der Waals surface area contributed by atoms with E-state index in [1.807, 2.05) is 18.2 Å². The number of benzene rings is 2. The third-order valence-electron chi connectivity index (χ3n) is 13.4. The Kier molecular flexibility index (Phi) is 5.53. The highest BCUT2D eigenvalue weighted by Crippen LogP contribution is 2.65. The Labute approximate surface area is 272 Å². The maximum Gasteiger partial charge on any atom is 0.535 e. The van der Waals surface area contributed by atoms with Crippen LogP contribution in [0, 0.1) is 5.92 Å². The van der Waals surface area contributed by atoms with E-state index in [4.69, 9.17) is 23.8 Å². The second kappa shape index (κ2) is 9.21. The molecule has 10 rings (SSSR count). The number of nitrogens with zero attached hydrogens (tertiary/aromatic N) is 3. The highest BCUT2D eigenvalue weighted by molar-refractivity contribution is 5.94. The molecule has 0 amide bonds. The molecule has 8 aliphatic rings. The second-order valence-corrected chi connectivity index (χ2v) is 14.9. The van der Waals surface area contributed by atoms with Crippen LogP contribution in [0.5, 0.6) is 23.0 Å². The van der Waals surface area contributed by atoms with Gasteiger partial charge in [0.1, 0.15) is 6.10 Å². The molecule has 2 aromatic carbocycles. The standard InChI is InChI=1S/C36H39N3O8/c1-38-14-12-34-20-6-9-25(32(34)45-29-23(40)7-4-18(27(29)34)16-22(20)38)44-33(41)47-37-21-10-11-36(42)26-17-19-5-8-24(43-3)30-28(19)35(36,31(21)46-30)13-15-39(26)2/h4-9,20,22,25-26,31-32,40,42H,10-17H2,1-3H3/t20?,22?,25-,26?,31?,32?,34-,35-,36+/m0/s1. The van der Waals surface area contributed by atoms with Gasteiger partial charge in [0, 0.05) is 34.5 Å². The van der Waals surface area contributed by atoms with Crippen molar-refractivity contribution in [3.05, 3.63) is 58.7 Å². The van der Waals surface area contributed by atoms with Gasteiger partial charge in [0.2, 0.25) is 0 Å². The third-order valence-corrected chi connectivity index (χ3v) is 13.4. The van der Waals surface area contributed by atoms with Crippen molar-refractivity contribution in [2.24, 2.45) is 11.1 Å². The maximum absolute atomic E-state index is 13.4. The summed E-state index contributed by atoms with van der Waals surface area (Å²) in [5.41, 5.74) is 2.83. The van der Waals surface area contributed by atoms with Crippen molar-refractivity contribution in [3.63, 3.8) is 0 Å². The van der Waals surface area contributed by atoms with Crippen LogP contribution in [0.15, 0.2) is 41.6 Å². The molecule has 1 saturated carbocycles. The zero-order valence-corrected chi connectivity index (χ0v) is 26.8. The average Bonchev–Trinajstić information content (AvgIpc) is 3.60. The van der Waals surface area contributed by atoms with Gasteiger partial charge in [0.15, 0.2) is 35.2 Å². The number of methoxy groups -OCH3 is 1. The van der Waals surface area contributed by atoms with E-state index in [0.717, 1.165) is 49.0 Å². The Morgan fingerprint density at radius 1 is 0.979 bits per heavy atom. The molecule has 2 saturated heterocycles. The summed E-state index contributed by atoms with van der Waals surface area (Å²) in [7, 11) is 5.86. The smallest absolute Gasteiger partial charge is 0.504 e. The quantitative estimate of drug-likeness (QED) is 0.224. The molecule has 4 aliphatic carbocycles. The fourth-order valence-electron chi connectivity index (χ4n) is 11.3. The van der Waals surface area contributed by atoms with Crippen LogP contribution >= 0.6 is 0 Å². The fraction of sp³-hybridized carbons (Fsp3) is 0.556. The van der Waals surface area contributed by atoms with Gasteiger partial charge in [0.25, 0.3) is 0 Å². The summed E-state index contributed by atoms with van der Waals surface area (Å²) in [5, 5.41) is 27.7. The number of aliphatic hydroxyl groups is 1. The molecule has 4 heterocycles. The van der Waals surface area contributed by atoms with Crippen LogP contribution in [-0.4, -0.2) is 102 Å². The Balaban J connectivity index is 0.957. The summed E-state index contributed by atoms with van der Waals surface area (Å²) in [6, 6.07) is 7.97. The lowest BCUT2D eigenvalue weighted by molar-refractivity contribution is -0.161. The summed E-state index contributed by atoms with van der Waals surface area (Å²) in [5.74, 6) is 2.08. The first-order valence-corrected chi connectivity index (χ1v) is 16.9. The van der Waals surface area contributed by atoms with Crippen LogP contribution in [0.2, 0.25) is 0 Å². The predicted octanol–water partition coefficient (Wildman–Crippen LogP) is 3.21. The number of hydrogen-bond donors (Lipinski definition) is 2. The van der Waals surface area contributed by atoms with Crippen LogP contribution < -0.4 is 14.2 Å². The number of carbonyl (C=O) groups excluding carboxylic acids is 1. The first-order valence-electron chi connectivity index (χ1n) is 16.9. The maximum atomic E-state index is 13.4. The van der Waals surface area contributed by atoms with Gasteiger partial charge < -0.3 is 39.0 Å². The van der Waals surface area contributed by atoms with E-state index < -0.39 is 40.9 Å². The molecule has 4 bridgehead atoms. The van der Waals surface area contributed by atoms with Gasteiger partial charge in [0.05, 0.1) is 23.8 Å². The van der Waals surface area contributed by atoms with Crippen molar-refractivity contribution in [2.45, 2.75) is 85.4 Å². The van der Waals surface area contributed by atoms with Gasteiger partial charge >= 0.3 is 6.16 Å². The Hall–Kier alpha value is -3.80. The molecular weight excluding hydrogens is 602 g/mol. The molecule has 4 aliphatic heterocycles. The number of aromatic hydroxyl groups is 1. The Bertz CT molecular complexity index is 1810. The van der Waals surface area contributed by atoms with Crippen molar-refractivity contribution in [1.82, 2.24) is 9.80 Å². The van der Waals surface area contributed by atoms with Crippen LogP contribution in [0.3, 0.4) is 0 Å². The molecular formula is C36H39N3O8. The van der Waals surface area contributed by atoms with E-state index in [2.05, 4.69) is 41.2 Å². The Morgan fingerprint density at radius 3 is 2.64 bits per heavy atom. The van der Waals surface area contributed by atoms with Crippen molar-refractivity contribution in [2.75, 3.05) is 34.3 Å². The van der Waals surface area contributed by atoms with E-state index in [9.17, 15) is 15.0 Å². The minimum atomic E-state index is -1.03. The van der Waals surface area contributed by atoms with Gasteiger partial charge in [-0.3, -0.25) is 4.84 Å². The predicted molar refractivity (Wildman–Crippen MR) is 168 cm³/mol. The lowest BCUT2D eigenvalue weighted by atomic mass is 9.49. The zero-order chi connectivity index (χ0) is 32.0. The molecule has 11 heteroatoms. The third kappa shape index (κ3) is 3.23. The topological polar surface area (TPSA) is 123 Å². The molecule has 2 aromatic rings. The average molecular weight is 642 g/mol. The number of ether oxygens (including phenoxy) is 4. The molecule has 47 heavy (non-hydrogen) atoms. The molecule has 11 nitrogen and oxygen atoms in total. The first kappa shape index (κ1) is 28.2. The Morgan fingerprint density at radius 2 is 1.79 bits per heavy atom. The summed E-state index contributed by atoms with van der Waals surface area (Å²) >= 11 is 0. The van der Waals surface area contributed by atoms with Gasteiger partial charge in [-0.15, -0.1) is 0 Å². The number of likely N-dealkylation sites (N-methyl/N-ethyl adjacent to an activating group) is 2. The van der Waals surface area contributed by atoms with Crippen molar-refractivity contribution in [1.29, 1.82) is 0 Å². The summed E-state index contributed by atoms with van der Waals surface area (Å²) in [4.78, 5) is 23.6. The van der Waals surface area contributed by atoms with Gasteiger partial charge in [-0.05, 0) is 95.0 Å². The number of phenols is 1. The normalized spacial score (nSPS) is 40.6. The van der Waals surface area contributed by atoms with Crippen LogP contribution in [0.4, 0.5) is 4.79 Å². The van der Waals surface area contributed by atoms with E-state index in [0.29, 0.717) is 48.3 Å². The number of likely N-dealkylation sites (tertiary alicyclic amines) is 2. The monoisotopic (exact) mass is 641 g/mol. The number of oxime groups is 1.